The average Bonchev–Trinajstić information content (AvgIpc) is 2.32. The number of amidine groups is 1. The summed E-state index contributed by atoms with van der Waals surface area (Å²) in [4.78, 5) is 0. The highest BCUT2D eigenvalue weighted by atomic mass is 15.3. The van der Waals surface area contributed by atoms with E-state index in [1.54, 1.807) is 6.20 Å². The molecule has 0 aliphatic rings. The first-order chi connectivity index (χ1) is 6.02. The van der Waals surface area contributed by atoms with Crippen molar-refractivity contribution in [3.05, 3.63) is 17.5 Å². The molecule has 0 spiro atoms. The van der Waals surface area contributed by atoms with Crippen LogP contribution in [-0.4, -0.2) is 15.6 Å². The van der Waals surface area contributed by atoms with Gasteiger partial charge in [-0.1, -0.05) is 13.8 Å². The van der Waals surface area contributed by atoms with Crippen LogP contribution in [0.2, 0.25) is 0 Å². The number of aromatic nitrogens is 2. The van der Waals surface area contributed by atoms with Crippen molar-refractivity contribution in [1.82, 2.24) is 9.78 Å². The molecule has 1 aromatic heterocycles. The summed E-state index contributed by atoms with van der Waals surface area (Å²) in [5.41, 5.74) is 7.10. The molecule has 0 aromatic carbocycles. The quantitative estimate of drug-likeness (QED) is 0.541. The molecule has 13 heavy (non-hydrogen) atoms. The van der Waals surface area contributed by atoms with Crippen molar-refractivity contribution in [1.29, 1.82) is 5.41 Å². The topological polar surface area (TPSA) is 67.7 Å². The van der Waals surface area contributed by atoms with E-state index < -0.39 is 0 Å². The van der Waals surface area contributed by atoms with Gasteiger partial charge in [0.05, 0.1) is 11.8 Å². The van der Waals surface area contributed by atoms with Crippen molar-refractivity contribution < 1.29 is 0 Å². The van der Waals surface area contributed by atoms with E-state index in [4.69, 9.17) is 11.1 Å². The Morgan fingerprint density at radius 3 is 2.69 bits per heavy atom. The van der Waals surface area contributed by atoms with Crippen LogP contribution in [0.5, 0.6) is 0 Å². The van der Waals surface area contributed by atoms with Gasteiger partial charge >= 0.3 is 0 Å². The lowest BCUT2D eigenvalue weighted by molar-refractivity contribution is 0.474. The molecule has 0 unspecified atom stereocenters. The van der Waals surface area contributed by atoms with Gasteiger partial charge < -0.3 is 5.73 Å². The summed E-state index contributed by atoms with van der Waals surface area (Å²) in [6.45, 7) is 7.08. The van der Waals surface area contributed by atoms with Gasteiger partial charge in [-0.3, -0.25) is 10.1 Å². The third-order valence-corrected chi connectivity index (χ3v) is 1.93. The molecule has 0 bridgehead atoms. The molecule has 0 radical (unpaired) electrons. The second kappa shape index (κ2) is 3.60. The molecule has 4 nitrogen and oxygen atoms in total. The summed E-state index contributed by atoms with van der Waals surface area (Å²) < 4.78 is 1.89. The molecule has 0 aliphatic carbocycles. The summed E-state index contributed by atoms with van der Waals surface area (Å²) >= 11 is 0. The number of nitrogen functional groups attached to an aromatic ring is 1. The zero-order valence-electron chi connectivity index (χ0n) is 8.33. The number of hydrogen-bond donors (Lipinski definition) is 2. The molecular formula is C9H16N4. The van der Waals surface area contributed by atoms with Crippen LogP contribution in [0.1, 0.15) is 25.1 Å². The van der Waals surface area contributed by atoms with E-state index >= 15 is 0 Å². The summed E-state index contributed by atoms with van der Waals surface area (Å²) in [6.07, 6.45) is 1.65. The first-order valence-corrected chi connectivity index (χ1v) is 4.39. The fourth-order valence-electron chi connectivity index (χ4n) is 1.24. The molecule has 0 amide bonds. The van der Waals surface area contributed by atoms with Gasteiger partial charge in [0.2, 0.25) is 0 Å². The standard InChI is InChI=1S/C9H16N4/c1-6(2)5-13-7(3)8(4-12-13)9(10)11/h4,6H,5H2,1-3H3,(H3,10,11). The zero-order chi connectivity index (χ0) is 10.0. The third-order valence-electron chi connectivity index (χ3n) is 1.93. The number of nitrogens with zero attached hydrogens (tertiary/aromatic N) is 2. The van der Waals surface area contributed by atoms with Crippen LogP contribution in [0, 0.1) is 18.3 Å². The van der Waals surface area contributed by atoms with E-state index in [1.165, 1.54) is 0 Å². The molecule has 0 saturated heterocycles. The highest BCUT2D eigenvalue weighted by Gasteiger charge is 2.08. The van der Waals surface area contributed by atoms with E-state index in [2.05, 4.69) is 18.9 Å². The number of nitrogens with two attached hydrogens (primary N) is 1. The van der Waals surface area contributed by atoms with E-state index in [0.29, 0.717) is 5.92 Å². The monoisotopic (exact) mass is 180 g/mol. The highest BCUT2D eigenvalue weighted by Crippen LogP contribution is 2.08. The predicted octanol–water partition coefficient (Wildman–Crippen LogP) is 1.13. The fourth-order valence-corrected chi connectivity index (χ4v) is 1.24. The lowest BCUT2D eigenvalue weighted by Crippen LogP contribution is -2.13. The second-order valence-electron chi connectivity index (χ2n) is 3.63. The first kappa shape index (κ1) is 9.77. The van der Waals surface area contributed by atoms with E-state index in [-0.39, 0.29) is 5.84 Å². The van der Waals surface area contributed by atoms with Crippen molar-refractivity contribution in [2.75, 3.05) is 0 Å². The summed E-state index contributed by atoms with van der Waals surface area (Å²) in [5.74, 6) is 0.644. The maximum Gasteiger partial charge on any atom is 0.126 e. The second-order valence-corrected chi connectivity index (χ2v) is 3.63. The molecule has 72 valence electrons. The van der Waals surface area contributed by atoms with Crippen molar-refractivity contribution >= 4 is 5.84 Å². The van der Waals surface area contributed by atoms with Crippen LogP contribution < -0.4 is 5.73 Å². The Kier molecular flexibility index (Phi) is 2.70. The van der Waals surface area contributed by atoms with Crippen molar-refractivity contribution in [3.63, 3.8) is 0 Å². The average molecular weight is 180 g/mol. The molecule has 0 saturated carbocycles. The van der Waals surface area contributed by atoms with Gasteiger partial charge in [-0.05, 0) is 12.8 Å². The van der Waals surface area contributed by atoms with Crippen LogP contribution in [0.4, 0.5) is 0 Å². The Morgan fingerprint density at radius 2 is 2.31 bits per heavy atom. The molecule has 4 heteroatoms. The first-order valence-electron chi connectivity index (χ1n) is 4.39. The molecule has 0 atom stereocenters. The van der Waals surface area contributed by atoms with Gasteiger partial charge in [0.1, 0.15) is 5.84 Å². The number of hydrogen-bond acceptors (Lipinski definition) is 2. The summed E-state index contributed by atoms with van der Waals surface area (Å²) in [6, 6.07) is 0. The Hall–Kier alpha value is -1.32. The van der Waals surface area contributed by atoms with Gasteiger partial charge in [0.25, 0.3) is 0 Å². The largest absolute Gasteiger partial charge is 0.384 e. The van der Waals surface area contributed by atoms with Gasteiger partial charge in [-0.25, -0.2) is 0 Å². The van der Waals surface area contributed by atoms with E-state index in [9.17, 15) is 0 Å². The van der Waals surface area contributed by atoms with Crippen molar-refractivity contribution in [2.24, 2.45) is 11.7 Å². The van der Waals surface area contributed by atoms with Crippen LogP contribution in [0.15, 0.2) is 6.20 Å². The fraction of sp³-hybridized carbons (Fsp3) is 0.556. The number of nitrogens with one attached hydrogen (secondary N) is 1. The van der Waals surface area contributed by atoms with Gasteiger partial charge in [0.15, 0.2) is 0 Å². The normalized spacial score (nSPS) is 10.8. The molecule has 1 aromatic rings. The minimum atomic E-state index is 0.0903. The van der Waals surface area contributed by atoms with Crippen LogP contribution in [0.3, 0.4) is 0 Å². The molecule has 0 fully saturated rings. The van der Waals surface area contributed by atoms with Gasteiger partial charge in [0, 0.05) is 12.2 Å². The van der Waals surface area contributed by atoms with Crippen LogP contribution in [0.25, 0.3) is 0 Å². The van der Waals surface area contributed by atoms with Crippen molar-refractivity contribution in [2.45, 2.75) is 27.3 Å². The molecular weight excluding hydrogens is 164 g/mol. The molecule has 3 N–H and O–H groups in total. The summed E-state index contributed by atoms with van der Waals surface area (Å²) in [5, 5.41) is 11.5. The van der Waals surface area contributed by atoms with Crippen LogP contribution >= 0.6 is 0 Å². The lowest BCUT2D eigenvalue weighted by Gasteiger charge is -2.07. The van der Waals surface area contributed by atoms with E-state index in [1.807, 2.05) is 11.6 Å². The Labute approximate surface area is 78.3 Å². The minimum Gasteiger partial charge on any atom is -0.384 e. The minimum absolute atomic E-state index is 0.0903. The van der Waals surface area contributed by atoms with Crippen molar-refractivity contribution in [3.8, 4) is 0 Å². The third kappa shape index (κ3) is 2.08. The lowest BCUT2D eigenvalue weighted by atomic mass is 10.2. The van der Waals surface area contributed by atoms with Gasteiger partial charge in [-0.15, -0.1) is 0 Å². The highest BCUT2D eigenvalue weighted by molar-refractivity contribution is 5.95. The number of rotatable bonds is 3. The maximum absolute atomic E-state index is 7.30. The molecule has 1 heterocycles. The Morgan fingerprint density at radius 1 is 1.69 bits per heavy atom. The molecule has 0 aliphatic heterocycles. The van der Waals surface area contributed by atoms with Gasteiger partial charge in [-0.2, -0.15) is 5.10 Å². The van der Waals surface area contributed by atoms with E-state index in [0.717, 1.165) is 17.8 Å². The maximum atomic E-state index is 7.30. The molecule has 1 rings (SSSR count). The zero-order valence-corrected chi connectivity index (χ0v) is 8.33. The Bertz CT molecular complexity index is 311. The summed E-state index contributed by atoms with van der Waals surface area (Å²) in [7, 11) is 0. The SMILES string of the molecule is Cc1c(C(=N)N)cnn1CC(C)C. The Balaban J connectivity index is 2.93. The van der Waals surface area contributed by atoms with Crippen LogP contribution in [-0.2, 0) is 6.54 Å². The smallest absolute Gasteiger partial charge is 0.126 e. The predicted molar refractivity (Wildman–Crippen MR) is 52.8 cm³/mol.